The molecule has 1 aromatic rings. The quantitative estimate of drug-likeness (QED) is 0.414. The molecule has 4 saturated carbocycles. The second kappa shape index (κ2) is 6.83. The van der Waals surface area contributed by atoms with Gasteiger partial charge in [-0.25, -0.2) is 0 Å². The fourth-order valence-electron chi connectivity index (χ4n) is 7.89. The highest BCUT2D eigenvalue weighted by molar-refractivity contribution is 9.10. The molecule has 0 amide bonds. The van der Waals surface area contributed by atoms with Gasteiger partial charge in [0.05, 0.1) is 0 Å². The highest BCUT2D eigenvalue weighted by Gasteiger charge is 2.60. The van der Waals surface area contributed by atoms with Gasteiger partial charge >= 0.3 is 0 Å². The Morgan fingerprint density at radius 2 is 1.89 bits per heavy atom. The molecule has 0 bridgehead atoms. The Kier molecular flexibility index (Phi) is 4.66. The number of allylic oxidation sites excluding steroid dienone is 1. The molecule has 0 N–H and O–H groups in total. The molecule has 4 aliphatic rings. The molecule has 2 heteroatoms. The van der Waals surface area contributed by atoms with Gasteiger partial charge in [0.2, 0.25) is 0 Å². The van der Waals surface area contributed by atoms with E-state index in [0.29, 0.717) is 17.1 Å². The van der Waals surface area contributed by atoms with Crippen LogP contribution in [0.5, 0.6) is 0 Å². The SMILES string of the molecule is C[C@]12CCCC[C@@H]1CC[C@H]1[C@H]2CC[C@]2(C)C(=O)/C(=C/c3cccc(Br)c3)C[C@H]12. The highest BCUT2D eigenvalue weighted by atomic mass is 79.9. The lowest BCUT2D eigenvalue weighted by molar-refractivity contribution is -0.137. The second-order valence-corrected chi connectivity index (χ2v) is 11.5. The zero-order valence-corrected chi connectivity index (χ0v) is 18.9. The summed E-state index contributed by atoms with van der Waals surface area (Å²) in [6.45, 7) is 4.92. The van der Waals surface area contributed by atoms with Crippen molar-refractivity contribution in [3.05, 3.63) is 39.9 Å². The Hall–Kier alpha value is -0.890. The first-order chi connectivity index (χ1) is 13.4. The van der Waals surface area contributed by atoms with Crippen LogP contribution < -0.4 is 0 Å². The molecule has 0 aliphatic heterocycles. The third kappa shape index (κ3) is 2.81. The summed E-state index contributed by atoms with van der Waals surface area (Å²) in [6, 6.07) is 8.35. The van der Waals surface area contributed by atoms with Gasteiger partial charge in [-0.05, 0) is 103 Å². The summed E-state index contributed by atoms with van der Waals surface area (Å²) in [7, 11) is 0. The summed E-state index contributed by atoms with van der Waals surface area (Å²) in [5.74, 6) is 3.57. The molecule has 5 rings (SSSR count). The summed E-state index contributed by atoms with van der Waals surface area (Å²) in [5, 5.41) is 0. The smallest absolute Gasteiger partial charge is 0.165 e. The Bertz CT molecular complexity index is 825. The fraction of sp³-hybridized carbons (Fsp3) is 0.654. The lowest BCUT2D eigenvalue weighted by Gasteiger charge is -2.59. The third-order valence-electron chi connectivity index (χ3n) is 9.41. The predicted molar refractivity (Wildman–Crippen MR) is 119 cm³/mol. The average Bonchev–Trinajstić information content (AvgIpc) is 2.92. The number of ketones is 1. The topological polar surface area (TPSA) is 17.1 Å². The molecule has 0 unspecified atom stereocenters. The first-order valence-corrected chi connectivity index (χ1v) is 12.2. The molecule has 0 saturated heterocycles. The van der Waals surface area contributed by atoms with E-state index in [1.165, 1.54) is 44.9 Å². The van der Waals surface area contributed by atoms with Crippen molar-refractivity contribution < 1.29 is 4.79 Å². The Morgan fingerprint density at radius 1 is 1.04 bits per heavy atom. The highest BCUT2D eigenvalue weighted by Crippen LogP contribution is 2.66. The van der Waals surface area contributed by atoms with Crippen LogP contribution in [-0.2, 0) is 4.79 Å². The molecule has 1 aromatic carbocycles. The molecule has 0 radical (unpaired) electrons. The van der Waals surface area contributed by atoms with Gasteiger partial charge in [0.25, 0.3) is 0 Å². The molecule has 0 spiro atoms. The van der Waals surface area contributed by atoms with Crippen molar-refractivity contribution in [3.63, 3.8) is 0 Å². The van der Waals surface area contributed by atoms with E-state index < -0.39 is 0 Å². The number of rotatable bonds is 1. The van der Waals surface area contributed by atoms with E-state index in [9.17, 15) is 4.79 Å². The molecule has 1 nitrogen and oxygen atoms in total. The van der Waals surface area contributed by atoms with Crippen LogP contribution in [0.1, 0.15) is 77.2 Å². The van der Waals surface area contributed by atoms with Gasteiger partial charge in [0.15, 0.2) is 5.78 Å². The molecule has 4 fully saturated rings. The summed E-state index contributed by atoms with van der Waals surface area (Å²) in [4.78, 5) is 13.5. The summed E-state index contributed by atoms with van der Waals surface area (Å²) >= 11 is 3.57. The van der Waals surface area contributed by atoms with Crippen molar-refractivity contribution in [3.8, 4) is 0 Å². The standard InChI is InChI=1S/C26H33BrO/c1-25-12-4-3-7-19(25)9-10-21-22(25)11-13-26(2)23(21)16-18(24(26)28)14-17-6-5-8-20(27)15-17/h5-6,8,14-15,19,21-23H,3-4,7,9-13,16H2,1-2H3/b18-14+/t19-,21+,22-,23-,25+,26+/m1/s1. The Balaban J connectivity index is 1.46. The zero-order chi connectivity index (χ0) is 19.5. The maximum absolute atomic E-state index is 13.5. The van der Waals surface area contributed by atoms with Crippen molar-refractivity contribution in [2.24, 2.45) is 34.5 Å². The van der Waals surface area contributed by atoms with Crippen LogP contribution in [0.3, 0.4) is 0 Å². The summed E-state index contributed by atoms with van der Waals surface area (Å²) in [6.07, 6.45) is 14.1. The van der Waals surface area contributed by atoms with Gasteiger partial charge in [-0.3, -0.25) is 4.79 Å². The first-order valence-electron chi connectivity index (χ1n) is 11.4. The number of benzene rings is 1. The van der Waals surface area contributed by atoms with E-state index in [1.54, 1.807) is 0 Å². The van der Waals surface area contributed by atoms with Crippen LogP contribution in [0, 0.1) is 34.5 Å². The van der Waals surface area contributed by atoms with Crippen molar-refractivity contribution in [1.29, 1.82) is 0 Å². The van der Waals surface area contributed by atoms with Crippen LogP contribution in [0.15, 0.2) is 34.3 Å². The van der Waals surface area contributed by atoms with Gasteiger partial charge in [-0.15, -0.1) is 0 Å². The lowest BCUT2D eigenvalue weighted by Crippen LogP contribution is -2.52. The number of Topliss-reactive ketones (excluding diaryl/α,β-unsaturated/α-hetero) is 1. The third-order valence-corrected chi connectivity index (χ3v) is 9.91. The van der Waals surface area contributed by atoms with Crippen LogP contribution in [0.4, 0.5) is 0 Å². The first kappa shape index (κ1) is 19.1. The molecule has 4 aliphatic carbocycles. The Morgan fingerprint density at radius 3 is 2.71 bits per heavy atom. The van der Waals surface area contributed by atoms with Crippen LogP contribution in [0.25, 0.3) is 6.08 Å². The summed E-state index contributed by atoms with van der Waals surface area (Å²) in [5.41, 5.74) is 2.67. The van der Waals surface area contributed by atoms with E-state index in [0.717, 1.165) is 46.2 Å². The van der Waals surface area contributed by atoms with Gasteiger partial charge in [-0.1, -0.05) is 54.8 Å². The molecule has 28 heavy (non-hydrogen) atoms. The number of hydrogen-bond donors (Lipinski definition) is 0. The molecule has 150 valence electrons. The molecule has 6 atom stereocenters. The molecule has 0 heterocycles. The monoisotopic (exact) mass is 440 g/mol. The second-order valence-electron chi connectivity index (χ2n) is 10.6. The minimum absolute atomic E-state index is 0.114. The maximum atomic E-state index is 13.5. The van der Waals surface area contributed by atoms with E-state index in [2.05, 4.69) is 54.1 Å². The largest absolute Gasteiger partial charge is 0.294 e. The Labute approximate surface area is 178 Å². The molecular weight excluding hydrogens is 408 g/mol. The van der Waals surface area contributed by atoms with Gasteiger partial charge < -0.3 is 0 Å². The number of carbonyl (C=O) groups excluding carboxylic acids is 1. The van der Waals surface area contributed by atoms with Gasteiger partial charge in [0.1, 0.15) is 0 Å². The van der Waals surface area contributed by atoms with E-state index in [-0.39, 0.29) is 5.41 Å². The fourth-order valence-corrected chi connectivity index (χ4v) is 8.31. The molecule has 0 aromatic heterocycles. The molecular formula is C26H33BrO. The van der Waals surface area contributed by atoms with E-state index in [1.807, 2.05) is 6.07 Å². The van der Waals surface area contributed by atoms with Crippen LogP contribution in [0.2, 0.25) is 0 Å². The predicted octanol–water partition coefficient (Wildman–Crippen LogP) is 7.44. The van der Waals surface area contributed by atoms with Crippen LogP contribution in [-0.4, -0.2) is 5.78 Å². The van der Waals surface area contributed by atoms with Crippen molar-refractivity contribution in [2.75, 3.05) is 0 Å². The van der Waals surface area contributed by atoms with Crippen molar-refractivity contribution >= 4 is 27.8 Å². The summed E-state index contributed by atoms with van der Waals surface area (Å²) < 4.78 is 1.08. The minimum Gasteiger partial charge on any atom is -0.294 e. The minimum atomic E-state index is -0.114. The number of halogens is 1. The van der Waals surface area contributed by atoms with E-state index >= 15 is 0 Å². The number of hydrogen-bond acceptors (Lipinski definition) is 1. The van der Waals surface area contributed by atoms with Gasteiger partial charge in [0, 0.05) is 9.89 Å². The normalized spacial score (nSPS) is 44.1. The van der Waals surface area contributed by atoms with Crippen molar-refractivity contribution in [2.45, 2.75) is 71.6 Å². The number of carbonyl (C=O) groups is 1. The number of fused-ring (bicyclic) bond motifs is 5. The van der Waals surface area contributed by atoms with Crippen LogP contribution >= 0.6 is 15.9 Å². The van der Waals surface area contributed by atoms with Gasteiger partial charge in [-0.2, -0.15) is 0 Å². The van der Waals surface area contributed by atoms with E-state index in [4.69, 9.17) is 0 Å². The lowest BCUT2D eigenvalue weighted by atomic mass is 9.45. The maximum Gasteiger partial charge on any atom is 0.165 e. The zero-order valence-electron chi connectivity index (χ0n) is 17.3. The average molecular weight is 441 g/mol. The van der Waals surface area contributed by atoms with Crippen molar-refractivity contribution in [1.82, 2.24) is 0 Å².